The number of thioether (sulfide) groups is 2. The molecule has 1 amide bonds. The summed E-state index contributed by atoms with van der Waals surface area (Å²) < 4.78 is 5.87. The topological polar surface area (TPSA) is 50.7 Å². The molecule has 1 aliphatic heterocycles. The van der Waals surface area contributed by atoms with Crippen LogP contribution < -0.4 is 10.2 Å². The van der Waals surface area contributed by atoms with Crippen LogP contribution in [-0.4, -0.2) is 29.7 Å². The van der Waals surface area contributed by atoms with Gasteiger partial charge in [-0.3, -0.25) is 4.79 Å². The molecule has 0 spiro atoms. The number of hydrazone groups is 1. The van der Waals surface area contributed by atoms with Gasteiger partial charge in [-0.05, 0) is 59.7 Å². The monoisotopic (exact) mass is 468 g/mol. The number of hydrogen-bond donors (Lipinski definition) is 1. The first kappa shape index (κ1) is 21.8. The first-order valence-electron chi connectivity index (χ1n) is 9.81. The lowest BCUT2D eigenvalue weighted by Gasteiger charge is -2.25. The van der Waals surface area contributed by atoms with E-state index in [9.17, 15) is 4.79 Å². The minimum Gasteiger partial charge on any atom is -0.489 e. The normalized spacial score (nSPS) is 13.7. The highest BCUT2D eigenvalue weighted by molar-refractivity contribution is 8.00. The van der Waals surface area contributed by atoms with E-state index in [0.717, 1.165) is 44.1 Å². The van der Waals surface area contributed by atoms with E-state index in [1.54, 1.807) is 18.0 Å². The van der Waals surface area contributed by atoms with Gasteiger partial charge in [0.25, 0.3) is 5.91 Å². The third-order valence-corrected chi connectivity index (χ3v) is 7.13. The number of nitrogens with zero attached hydrogens (tertiary/aromatic N) is 1. The van der Waals surface area contributed by atoms with Crippen LogP contribution in [0.5, 0.6) is 5.75 Å². The van der Waals surface area contributed by atoms with Gasteiger partial charge in [-0.25, -0.2) is 5.43 Å². The van der Waals surface area contributed by atoms with Crippen LogP contribution in [0.1, 0.15) is 21.5 Å². The first-order chi connectivity index (χ1) is 15.2. The molecule has 0 radical (unpaired) electrons. The van der Waals surface area contributed by atoms with Crippen molar-refractivity contribution in [1.82, 2.24) is 5.43 Å². The number of carbonyl (C=O) groups is 1. The van der Waals surface area contributed by atoms with Gasteiger partial charge in [-0.2, -0.15) is 16.9 Å². The maximum atomic E-state index is 12.3. The average molecular weight is 469 g/mol. The van der Waals surface area contributed by atoms with Crippen molar-refractivity contribution in [2.75, 3.05) is 11.5 Å². The Morgan fingerprint density at radius 1 is 1.13 bits per heavy atom. The number of amides is 1. The number of carbonyl (C=O) groups excluding carboxylic acids is 1. The molecule has 158 valence electrons. The van der Waals surface area contributed by atoms with Gasteiger partial charge in [0.05, 0.1) is 6.21 Å². The second-order valence-corrected chi connectivity index (χ2v) is 9.55. The van der Waals surface area contributed by atoms with Crippen LogP contribution in [0.4, 0.5) is 0 Å². The van der Waals surface area contributed by atoms with Crippen molar-refractivity contribution in [3.05, 3.63) is 94.5 Å². The number of halogens is 1. The van der Waals surface area contributed by atoms with Gasteiger partial charge in [-0.15, -0.1) is 11.8 Å². The molecular formula is C24H21ClN2O2S2. The van der Waals surface area contributed by atoms with Gasteiger partial charge < -0.3 is 4.74 Å². The molecule has 0 bridgehead atoms. The summed E-state index contributed by atoms with van der Waals surface area (Å²) in [5.41, 5.74) is 5.16. The van der Waals surface area contributed by atoms with Crippen molar-refractivity contribution in [2.45, 2.75) is 16.8 Å². The van der Waals surface area contributed by atoms with Gasteiger partial charge in [0, 0.05) is 32.7 Å². The first-order valence-corrected chi connectivity index (χ1v) is 12.3. The molecule has 7 heteroatoms. The van der Waals surface area contributed by atoms with E-state index in [-0.39, 0.29) is 5.91 Å². The molecule has 3 aromatic rings. The zero-order chi connectivity index (χ0) is 21.5. The highest BCUT2D eigenvalue weighted by atomic mass is 35.5. The molecule has 0 aliphatic carbocycles. The van der Waals surface area contributed by atoms with Gasteiger partial charge in [-0.1, -0.05) is 35.9 Å². The van der Waals surface area contributed by atoms with Crippen molar-refractivity contribution in [2.24, 2.45) is 5.10 Å². The molecule has 1 saturated heterocycles. The minimum atomic E-state index is -0.243. The smallest absolute Gasteiger partial charge is 0.271 e. The summed E-state index contributed by atoms with van der Waals surface area (Å²) in [7, 11) is 0. The number of hydrogen-bond acceptors (Lipinski definition) is 5. The van der Waals surface area contributed by atoms with Crippen LogP contribution >= 0.6 is 35.1 Å². The van der Waals surface area contributed by atoms with Gasteiger partial charge in [0.1, 0.15) is 11.9 Å². The van der Waals surface area contributed by atoms with Crippen LogP contribution in [0, 0.1) is 0 Å². The lowest BCUT2D eigenvalue weighted by Crippen LogP contribution is -2.31. The maximum Gasteiger partial charge on any atom is 0.271 e. The van der Waals surface area contributed by atoms with E-state index in [1.165, 1.54) is 0 Å². The molecule has 1 heterocycles. The summed E-state index contributed by atoms with van der Waals surface area (Å²) in [6.07, 6.45) is 1.92. The molecule has 1 N–H and O–H groups in total. The summed E-state index contributed by atoms with van der Waals surface area (Å²) in [5.74, 6) is 3.47. The van der Waals surface area contributed by atoms with Crippen LogP contribution in [0.25, 0.3) is 0 Å². The SMILES string of the molecule is O=C(NN=Cc1cccc(OC2CSC2)c1)c1ccc(CSc2ccc(Cl)cc2)cc1. The number of nitrogens with one attached hydrogen (secondary N) is 1. The van der Waals surface area contributed by atoms with E-state index in [0.29, 0.717) is 11.7 Å². The Morgan fingerprint density at radius 3 is 2.61 bits per heavy atom. The molecule has 3 aromatic carbocycles. The second kappa shape index (κ2) is 10.8. The molecule has 1 fully saturated rings. The average Bonchev–Trinajstić information content (AvgIpc) is 2.76. The van der Waals surface area contributed by atoms with Crippen molar-refractivity contribution in [3.63, 3.8) is 0 Å². The Balaban J connectivity index is 1.27. The Hall–Kier alpha value is -2.41. The summed E-state index contributed by atoms with van der Waals surface area (Å²) in [6, 6.07) is 23.0. The molecule has 31 heavy (non-hydrogen) atoms. The third kappa shape index (κ3) is 6.53. The van der Waals surface area contributed by atoms with Crippen molar-refractivity contribution >= 4 is 47.2 Å². The zero-order valence-electron chi connectivity index (χ0n) is 16.7. The second-order valence-electron chi connectivity index (χ2n) is 6.99. The predicted molar refractivity (Wildman–Crippen MR) is 131 cm³/mol. The third-order valence-electron chi connectivity index (χ3n) is 4.58. The van der Waals surface area contributed by atoms with Crippen LogP contribution in [0.2, 0.25) is 5.02 Å². The summed E-state index contributed by atoms with van der Waals surface area (Å²) >= 11 is 9.52. The van der Waals surface area contributed by atoms with E-state index in [1.807, 2.05) is 84.6 Å². The van der Waals surface area contributed by atoms with E-state index in [4.69, 9.17) is 16.3 Å². The van der Waals surface area contributed by atoms with E-state index < -0.39 is 0 Å². The lowest BCUT2D eigenvalue weighted by molar-refractivity contribution is 0.0955. The Bertz CT molecular complexity index is 1050. The van der Waals surface area contributed by atoms with Crippen LogP contribution in [-0.2, 0) is 5.75 Å². The highest BCUT2D eigenvalue weighted by Gasteiger charge is 2.19. The largest absolute Gasteiger partial charge is 0.489 e. The Kier molecular flexibility index (Phi) is 7.57. The van der Waals surface area contributed by atoms with Crippen molar-refractivity contribution in [1.29, 1.82) is 0 Å². The summed E-state index contributed by atoms with van der Waals surface area (Å²) in [6.45, 7) is 0. The molecule has 0 atom stereocenters. The molecule has 4 rings (SSSR count). The van der Waals surface area contributed by atoms with Crippen molar-refractivity contribution in [3.8, 4) is 5.75 Å². The van der Waals surface area contributed by atoms with Crippen LogP contribution in [0.3, 0.4) is 0 Å². The molecule has 4 nitrogen and oxygen atoms in total. The number of rotatable bonds is 8. The molecule has 0 unspecified atom stereocenters. The van der Waals surface area contributed by atoms with Crippen LogP contribution in [0.15, 0.2) is 82.8 Å². The zero-order valence-corrected chi connectivity index (χ0v) is 19.1. The fourth-order valence-corrected chi connectivity index (χ4v) is 4.37. The molecule has 0 saturated carbocycles. The summed E-state index contributed by atoms with van der Waals surface area (Å²) in [5, 5.41) is 4.81. The fraction of sp³-hybridized carbons (Fsp3) is 0.167. The number of ether oxygens (including phenoxy) is 1. The van der Waals surface area contributed by atoms with E-state index in [2.05, 4.69) is 10.5 Å². The Morgan fingerprint density at radius 2 is 1.90 bits per heavy atom. The molecule has 1 aliphatic rings. The summed E-state index contributed by atoms with van der Waals surface area (Å²) in [4.78, 5) is 13.5. The molecule has 0 aromatic heterocycles. The van der Waals surface area contributed by atoms with Gasteiger partial charge in [0.2, 0.25) is 0 Å². The molecular weight excluding hydrogens is 448 g/mol. The number of benzene rings is 3. The van der Waals surface area contributed by atoms with Crippen molar-refractivity contribution < 1.29 is 9.53 Å². The standard InChI is InChI=1S/C24H21ClN2O2S2/c25-20-8-10-23(11-9-20)31-14-17-4-6-19(7-5-17)24(28)27-26-13-18-2-1-3-21(12-18)29-22-15-30-16-22/h1-13,22H,14-16H2,(H,27,28). The quantitative estimate of drug-likeness (QED) is 0.254. The predicted octanol–water partition coefficient (Wildman–Crippen LogP) is 5.89. The minimum absolute atomic E-state index is 0.243. The van der Waals surface area contributed by atoms with E-state index >= 15 is 0 Å². The highest BCUT2D eigenvalue weighted by Crippen LogP contribution is 2.25. The lowest BCUT2D eigenvalue weighted by atomic mass is 10.1. The van der Waals surface area contributed by atoms with Gasteiger partial charge in [0.15, 0.2) is 0 Å². The Labute approximate surface area is 195 Å². The fourth-order valence-electron chi connectivity index (χ4n) is 2.82. The maximum absolute atomic E-state index is 12.3. The van der Waals surface area contributed by atoms with Gasteiger partial charge >= 0.3 is 0 Å².